The summed E-state index contributed by atoms with van der Waals surface area (Å²) in [7, 11) is 0. The van der Waals surface area contributed by atoms with Gasteiger partial charge in [0.05, 0.1) is 11.3 Å². The largest absolute Gasteiger partial charge is 0.507 e. The van der Waals surface area contributed by atoms with Crippen LogP contribution in [0.3, 0.4) is 0 Å². The van der Waals surface area contributed by atoms with Crippen LogP contribution >= 0.6 is 27.7 Å². The van der Waals surface area contributed by atoms with E-state index >= 15 is 0 Å². The maximum absolute atomic E-state index is 9.81. The van der Waals surface area contributed by atoms with Crippen LogP contribution in [0.2, 0.25) is 0 Å². The molecule has 0 aliphatic rings. The van der Waals surface area contributed by atoms with Crippen LogP contribution in [0.25, 0.3) is 22.4 Å². The van der Waals surface area contributed by atoms with E-state index in [1.807, 2.05) is 42.5 Å². The number of para-hydroxylation sites is 2. The molecule has 0 saturated heterocycles. The number of phenols is 1. The standard InChI is InChI=1S/C18H12BrN3O2S/c19-12-9-11-5-1-2-6-13(11)20-17(12)18-21-16(24-22-18)10-25-15-8-4-3-7-14(15)23/h1-9,23H,10H2. The molecule has 5 nitrogen and oxygen atoms in total. The molecule has 0 atom stereocenters. The number of benzene rings is 2. The first-order chi connectivity index (χ1) is 12.2. The van der Waals surface area contributed by atoms with Crippen molar-refractivity contribution in [1.82, 2.24) is 15.1 Å². The predicted molar refractivity (Wildman–Crippen MR) is 100 cm³/mol. The lowest BCUT2D eigenvalue weighted by Gasteiger charge is -2.02. The number of halogens is 1. The number of hydrogen-bond acceptors (Lipinski definition) is 6. The van der Waals surface area contributed by atoms with Gasteiger partial charge in [0, 0.05) is 14.8 Å². The molecule has 2 aromatic heterocycles. The summed E-state index contributed by atoms with van der Waals surface area (Å²) in [5, 5.41) is 14.9. The van der Waals surface area contributed by atoms with E-state index in [0.29, 0.717) is 23.2 Å². The van der Waals surface area contributed by atoms with E-state index in [9.17, 15) is 5.11 Å². The van der Waals surface area contributed by atoms with Gasteiger partial charge in [-0.05, 0) is 40.2 Å². The molecule has 25 heavy (non-hydrogen) atoms. The minimum atomic E-state index is 0.242. The van der Waals surface area contributed by atoms with Crippen molar-refractivity contribution < 1.29 is 9.63 Å². The van der Waals surface area contributed by atoms with E-state index in [4.69, 9.17) is 4.52 Å². The lowest BCUT2D eigenvalue weighted by molar-refractivity contribution is 0.391. The Morgan fingerprint density at radius 1 is 1.04 bits per heavy atom. The van der Waals surface area contributed by atoms with Crippen LogP contribution in [-0.4, -0.2) is 20.2 Å². The van der Waals surface area contributed by atoms with Crippen molar-refractivity contribution in [1.29, 1.82) is 0 Å². The molecule has 0 unspecified atom stereocenters. The molecule has 0 fully saturated rings. The van der Waals surface area contributed by atoms with E-state index < -0.39 is 0 Å². The number of fused-ring (bicyclic) bond motifs is 1. The van der Waals surface area contributed by atoms with Crippen LogP contribution in [-0.2, 0) is 5.75 Å². The first-order valence-electron chi connectivity index (χ1n) is 7.50. The second kappa shape index (κ2) is 6.85. The van der Waals surface area contributed by atoms with Crippen LogP contribution in [0, 0.1) is 0 Å². The van der Waals surface area contributed by atoms with Crippen LogP contribution in [0.1, 0.15) is 5.89 Å². The SMILES string of the molecule is Oc1ccccc1SCc1nc(-c2nc3ccccc3cc2Br)no1. The molecule has 0 aliphatic heterocycles. The third-order valence-corrected chi connectivity index (χ3v) is 5.23. The summed E-state index contributed by atoms with van der Waals surface area (Å²) in [6.07, 6.45) is 0. The smallest absolute Gasteiger partial charge is 0.237 e. The quantitative estimate of drug-likeness (QED) is 0.472. The highest BCUT2D eigenvalue weighted by molar-refractivity contribution is 9.10. The van der Waals surface area contributed by atoms with Gasteiger partial charge in [-0.2, -0.15) is 4.98 Å². The third kappa shape index (κ3) is 3.38. The van der Waals surface area contributed by atoms with Crippen molar-refractivity contribution in [3.8, 4) is 17.3 Å². The average Bonchev–Trinajstić information content (AvgIpc) is 3.09. The summed E-state index contributed by atoms with van der Waals surface area (Å²) >= 11 is 4.96. The lowest BCUT2D eigenvalue weighted by atomic mass is 10.2. The highest BCUT2D eigenvalue weighted by atomic mass is 79.9. The Labute approximate surface area is 156 Å². The summed E-state index contributed by atoms with van der Waals surface area (Å²) < 4.78 is 6.14. The zero-order valence-corrected chi connectivity index (χ0v) is 15.3. The molecule has 0 aliphatic carbocycles. The van der Waals surface area contributed by atoms with Gasteiger partial charge in [-0.25, -0.2) is 4.98 Å². The first kappa shape index (κ1) is 16.1. The van der Waals surface area contributed by atoms with Gasteiger partial charge in [0.15, 0.2) is 0 Å². The second-order valence-corrected chi connectivity index (χ2v) is 7.15. The van der Waals surface area contributed by atoms with Gasteiger partial charge in [0.25, 0.3) is 0 Å². The molecule has 124 valence electrons. The van der Waals surface area contributed by atoms with Crippen molar-refractivity contribution in [3.63, 3.8) is 0 Å². The molecule has 2 aromatic carbocycles. The number of aromatic hydroxyl groups is 1. The summed E-state index contributed by atoms with van der Waals surface area (Å²) in [5.74, 6) is 1.62. The summed E-state index contributed by atoms with van der Waals surface area (Å²) in [5.41, 5.74) is 1.51. The number of thioether (sulfide) groups is 1. The normalized spacial score (nSPS) is 11.1. The molecule has 0 bridgehead atoms. The van der Waals surface area contributed by atoms with Crippen LogP contribution < -0.4 is 0 Å². The molecule has 4 aromatic rings. The highest BCUT2D eigenvalue weighted by Crippen LogP contribution is 2.31. The van der Waals surface area contributed by atoms with Gasteiger partial charge < -0.3 is 9.63 Å². The Bertz CT molecular complexity index is 1050. The molecule has 7 heteroatoms. The molecule has 0 amide bonds. The minimum Gasteiger partial charge on any atom is -0.507 e. The fourth-order valence-electron chi connectivity index (χ4n) is 2.38. The lowest BCUT2D eigenvalue weighted by Crippen LogP contribution is -1.90. The van der Waals surface area contributed by atoms with Crippen LogP contribution in [0.5, 0.6) is 5.75 Å². The van der Waals surface area contributed by atoms with Crippen molar-refractivity contribution in [3.05, 3.63) is 65.0 Å². The minimum absolute atomic E-state index is 0.242. The number of rotatable bonds is 4. The fraction of sp³-hybridized carbons (Fsp3) is 0.0556. The third-order valence-electron chi connectivity index (χ3n) is 3.57. The first-order valence-corrected chi connectivity index (χ1v) is 9.27. The predicted octanol–water partition coefficient (Wildman–Crippen LogP) is 5.05. The number of aromatic nitrogens is 3. The van der Waals surface area contributed by atoms with E-state index in [0.717, 1.165) is 20.3 Å². The van der Waals surface area contributed by atoms with Crippen molar-refractivity contribution in [2.24, 2.45) is 0 Å². The van der Waals surface area contributed by atoms with Crippen LogP contribution in [0.4, 0.5) is 0 Å². The zero-order chi connectivity index (χ0) is 17.2. The van der Waals surface area contributed by atoms with E-state index in [-0.39, 0.29) is 5.75 Å². The van der Waals surface area contributed by atoms with Gasteiger partial charge in [0.1, 0.15) is 11.4 Å². The van der Waals surface area contributed by atoms with E-state index in [1.54, 1.807) is 12.1 Å². The number of hydrogen-bond donors (Lipinski definition) is 1. The maximum Gasteiger partial charge on any atom is 0.237 e. The Balaban J connectivity index is 1.59. The number of pyridine rings is 1. The molecule has 0 radical (unpaired) electrons. The molecular weight excluding hydrogens is 402 g/mol. The molecule has 2 heterocycles. The number of nitrogens with zero attached hydrogens (tertiary/aromatic N) is 3. The van der Waals surface area contributed by atoms with Crippen molar-refractivity contribution >= 4 is 38.6 Å². The molecule has 1 N–H and O–H groups in total. The molecule has 0 saturated carbocycles. The van der Waals surface area contributed by atoms with Crippen molar-refractivity contribution in [2.45, 2.75) is 10.6 Å². The molecular formula is C18H12BrN3O2S. The zero-order valence-electron chi connectivity index (χ0n) is 12.9. The van der Waals surface area contributed by atoms with Crippen LogP contribution in [0.15, 0.2) is 68.5 Å². The Hall–Kier alpha value is -2.38. The van der Waals surface area contributed by atoms with Crippen molar-refractivity contribution in [2.75, 3.05) is 0 Å². The molecule has 4 rings (SSSR count). The monoisotopic (exact) mass is 413 g/mol. The topological polar surface area (TPSA) is 72.0 Å². The van der Waals surface area contributed by atoms with Gasteiger partial charge in [-0.3, -0.25) is 0 Å². The molecule has 0 spiro atoms. The van der Waals surface area contributed by atoms with E-state index in [1.165, 1.54) is 11.8 Å². The summed E-state index contributed by atoms with van der Waals surface area (Å²) in [4.78, 5) is 9.80. The Kier molecular flexibility index (Phi) is 4.42. The van der Waals surface area contributed by atoms with Gasteiger partial charge in [0.2, 0.25) is 11.7 Å². The second-order valence-electron chi connectivity index (χ2n) is 5.28. The summed E-state index contributed by atoms with van der Waals surface area (Å²) in [6, 6.07) is 17.0. The average molecular weight is 414 g/mol. The van der Waals surface area contributed by atoms with Gasteiger partial charge >= 0.3 is 0 Å². The maximum atomic E-state index is 9.81. The Morgan fingerprint density at radius 3 is 2.72 bits per heavy atom. The van der Waals surface area contributed by atoms with Gasteiger partial charge in [-0.1, -0.05) is 35.5 Å². The van der Waals surface area contributed by atoms with E-state index in [2.05, 4.69) is 31.1 Å². The summed E-state index contributed by atoms with van der Waals surface area (Å²) in [6.45, 7) is 0. The number of phenolic OH excluding ortho intramolecular Hbond substituents is 1. The van der Waals surface area contributed by atoms with Gasteiger partial charge in [-0.15, -0.1) is 11.8 Å². The Morgan fingerprint density at radius 2 is 1.84 bits per heavy atom. The fourth-order valence-corrected chi connectivity index (χ4v) is 3.67. The highest BCUT2D eigenvalue weighted by Gasteiger charge is 2.15.